The van der Waals surface area contributed by atoms with Crippen molar-refractivity contribution >= 4 is 23.1 Å². The van der Waals surface area contributed by atoms with Crippen LogP contribution in [0.4, 0.5) is 0 Å². The lowest BCUT2D eigenvalue weighted by atomic mass is 10.1. The molecule has 1 aromatic heterocycles. The van der Waals surface area contributed by atoms with Gasteiger partial charge in [-0.15, -0.1) is 0 Å². The molecule has 66 valence electrons. The maximum Gasteiger partial charge on any atom is 0.103 e. The summed E-state index contributed by atoms with van der Waals surface area (Å²) in [4.78, 5) is 3.17. The maximum absolute atomic E-state index is 5.06. The molecule has 1 aromatic carbocycles. The molecule has 2 rings (SSSR count). The predicted octanol–water partition coefficient (Wildman–Crippen LogP) is 3.51. The molecule has 0 fully saturated rings. The minimum Gasteiger partial charge on any atom is -0.346 e. The third-order valence-electron chi connectivity index (χ3n) is 2.34. The zero-order chi connectivity index (χ0) is 9.42. The fourth-order valence-corrected chi connectivity index (χ4v) is 1.60. The standard InChI is InChI=1S/C11H11NS/c1-7-5-9-3-4-11(13)12-10(9)6-8(7)2/h3-6H,1-2H3,(H,12,13). The largest absolute Gasteiger partial charge is 0.346 e. The molecule has 0 atom stereocenters. The molecule has 0 radical (unpaired) electrons. The molecule has 1 N–H and O–H groups in total. The van der Waals surface area contributed by atoms with Gasteiger partial charge in [-0.3, -0.25) is 0 Å². The average Bonchev–Trinajstić information content (AvgIpc) is 2.08. The van der Waals surface area contributed by atoms with Crippen LogP contribution in [0.2, 0.25) is 0 Å². The van der Waals surface area contributed by atoms with Gasteiger partial charge in [-0.2, -0.15) is 0 Å². The zero-order valence-electron chi connectivity index (χ0n) is 7.72. The third-order valence-corrected chi connectivity index (χ3v) is 2.58. The molecule has 0 amide bonds. The number of hydrogen-bond acceptors (Lipinski definition) is 1. The van der Waals surface area contributed by atoms with Crippen LogP contribution in [0.1, 0.15) is 11.1 Å². The number of fused-ring (bicyclic) bond motifs is 1. The molecular weight excluding hydrogens is 178 g/mol. The van der Waals surface area contributed by atoms with Crippen molar-refractivity contribution in [1.29, 1.82) is 0 Å². The van der Waals surface area contributed by atoms with E-state index in [0.717, 1.165) is 10.2 Å². The van der Waals surface area contributed by atoms with Crippen LogP contribution in [0.25, 0.3) is 10.9 Å². The lowest BCUT2D eigenvalue weighted by molar-refractivity contribution is 1.32. The van der Waals surface area contributed by atoms with Gasteiger partial charge in [0.2, 0.25) is 0 Å². The number of nitrogens with one attached hydrogen (secondary N) is 1. The molecule has 0 aliphatic carbocycles. The van der Waals surface area contributed by atoms with Crippen molar-refractivity contribution < 1.29 is 0 Å². The van der Waals surface area contributed by atoms with E-state index in [1.807, 2.05) is 6.07 Å². The van der Waals surface area contributed by atoms with Crippen LogP contribution in [-0.2, 0) is 0 Å². The summed E-state index contributed by atoms with van der Waals surface area (Å²) in [7, 11) is 0. The van der Waals surface area contributed by atoms with Gasteiger partial charge >= 0.3 is 0 Å². The minimum atomic E-state index is 0.788. The quantitative estimate of drug-likeness (QED) is 0.627. The molecule has 1 heterocycles. The number of aryl methyl sites for hydroxylation is 2. The van der Waals surface area contributed by atoms with Gasteiger partial charge in [0, 0.05) is 5.52 Å². The third kappa shape index (κ3) is 1.49. The smallest absolute Gasteiger partial charge is 0.103 e. The number of aromatic nitrogens is 1. The van der Waals surface area contributed by atoms with Crippen molar-refractivity contribution in [3.05, 3.63) is 40.0 Å². The highest BCUT2D eigenvalue weighted by molar-refractivity contribution is 7.71. The monoisotopic (exact) mass is 189 g/mol. The fourth-order valence-electron chi connectivity index (χ4n) is 1.42. The Hall–Kier alpha value is -1.15. The summed E-state index contributed by atoms with van der Waals surface area (Å²) in [6.45, 7) is 4.23. The Kier molecular flexibility index (Phi) is 1.93. The number of hydrogen-bond donors (Lipinski definition) is 1. The molecule has 2 heteroatoms. The average molecular weight is 189 g/mol. The van der Waals surface area contributed by atoms with E-state index < -0.39 is 0 Å². The van der Waals surface area contributed by atoms with Crippen molar-refractivity contribution in [2.24, 2.45) is 0 Å². The van der Waals surface area contributed by atoms with Crippen LogP contribution in [0.5, 0.6) is 0 Å². The summed E-state index contributed by atoms with van der Waals surface area (Å²) in [5, 5.41) is 1.22. The first-order valence-electron chi connectivity index (χ1n) is 4.27. The fraction of sp³-hybridized carbons (Fsp3) is 0.182. The molecule has 1 nitrogen and oxygen atoms in total. The van der Waals surface area contributed by atoms with Gasteiger partial charge in [0.05, 0.1) is 0 Å². The molecule has 0 aliphatic heterocycles. The van der Waals surface area contributed by atoms with E-state index in [-0.39, 0.29) is 0 Å². The summed E-state index contributed by atoms with van der Waals surface area (Å²) in [5.74, 6) is 0. The van der Waals surface area contributed by atoms with E-state index in [2.05, 4.69) is 37.0 Å². The van der Waals surface area contributed by atoms with Crippen LogP contribution in [-0.4, -0.2) is 4.98 Å². The Morgan fingerprint density at radius 3 is 2.54 bits per heavy atom. The van der Waals surface area contributed by atoms with E-state index in [1.54, 1.807) is 0 Å². The number of benzene rings is 1. The first-order chi connectivity index (χ1) is 6.16. The van der Waals surface area contributed by atoms with Gasteiger partial charge in [-0.05, 0) is 54.6 Å². The highest BCUT2D eigenvalue weighted by atomic mass is 32.1. The Labute approximate surface area is 82.4 Å². The van der Waals surface area contributed by atoms with E-state index in [9.17, 15) is 0 Å². The lowest BCUT2D eigenvalue weighted by Crippen LogP contribution is -1.84. The van der Waals surface area contributed by atoms with Crippen LogP contribution in [0.15, 0.2) is 24.3 Å². The van der Waals surface area contributed by atoms with Crippen molar-refractivity contribution in [1.82, 2.24) is 4.98 Å². The second kappa shape index (κ2) is 2.96. The highest BCUT2D eigenvalue weighted by Gasteiger charge is 1.96. The summed E-state index contributed by atoms with van der Waals surface area (Å²) < 4.78 is 0.788. The van der Waals surface area contributed by atoms with Gasteiger partial charge in [0.25, 0.3) is 0 Å². The number of aromatic amines is 1. The van der Waals surface area contributed by atoms with E-state index in [4.69, 9.17) is 12.2 Å². The Morgan fingerprint density at radius 2 is 1.77 bits per heavy atom. The summed E-state index contributed by atoms with van der Waals surface area (Å²) in [5.41, 5.74) is 3.73. The predicted molar refractivity (Wildman–Crippen MR) is 58.6 cm³/mol. The minimum absolute atomic E-state index is 0.788. The van der Waals surface area contributed by atoms with Gasteiger partial charge in [0.15, 0.2) is 0 Å². The van der Waals surface area contributed by atoms with Crippen molar-refractivity contribution in [2.75, 3.05) is 0 Å². The first kappa shape index (κ1) is 8.45. The van der Waals surface area contributed by atoms with Crippen LogP contribution >= 0.6 is 12.2 Å². The second-order valence-corrected chi connectivity index (χ2v) is 3.79. The number of rotatable bonds is 0. The molecule has 0 saturated carbocycles. The van der Waals surface area contributed by atoms with Crippen molar-refractivity contribution in [2.45, 2.75) is 13.8 Å². The molecular formula is C11H11NS. The molecule has 13 heavy (non-hydrogen) atoms. The SMILES string of the molecule is Cc1cc2ccc(=S)[nH]c2cc1C. The highest BCUT2D eigenvalue weighted by Crippen LogP contribution is 2.16. The summed E-state index contributed by atoms with van der Waals surface area (Å²) in [6.07, 6.45) is 0. The van der Waals surface area contributed by atoms with Crippen LogP contribution in [0.3, 0.4) is 0 Å². The normalized spacial score (nSPS) is 10.6. The Morgan fingerprint density at radius 1 is 1.08 bits per heavy atom. The number of H-pyrrole nitrogens is 1. The number of pyridine rings is 1. The van der Waals surface area contributed by atoms with E-state index in [1.165, 1.54) is 16.5 Å². The van der Waals surface area contributed by atoms with E-state index >= 15 is 0 Å². The topological polar surface area (TPSA) is 15.8 Å². The van der Waals surface area contributed by atoms with Crippen molar-refractivity contribution in [3.8, 4) is 0 Å². The molecule has 0 unspecified atom stereocenters. The van der Waals surface area contributed by atoms with Crippen LogP contribution in [0, 0.1) is 18.5 Å². The van der Waals surface area contributed by atoms with Crippen molar-refractivity contribution in [3.63, 3.8) is 0 Å². The second-order valence-electron chi connectivity index (χ2n) is 3.35. The first-order valence-corrected chi connectivity index (χ1v) is 4.68. The molecule has 0 aliphatic rings. The summed E-state index contributed by atoms with van der Waals surface area (Å²) >= 11 is 5.06. The maximum atomic E-state index is 5.06. The van der Waals surface area contributed by atoms with Crippen LogP contribution < -0.4 is 0 Å². The van der Waals surface area contributed by atoms with Gasteiger partial charge in [0.1, 0.15) is 4.64 Å². The van der Waals surface area contributed by atoms with Gasteiger partial charge in [-0.1, -0.05) is 12.2 Å². The Balaban J connectivity index is 2.89. The summed E-state index contributed by atoms with van der Waals surface area (Å²) in [6, 6.07) is 8.30. The molecule has 0 saturated heterocycles. The van der Waals surface area contributed by atoms with Gasteiger partial charge in [-0.25, -0.2) is 0 Å². The Bertz CT molecular complexity index is 511. The molecule has 0 bridgehead atoms. The van der Waals surface area contributed by atoms with E-state index in [0.29, 0.717) is 0 Å². The van der Waals surface area contributed by atoms with Gasteiger partial charge < -0.3 is 4.98 Å². The molecule has 2 aromatic rings. The lowest BCUT2D eigenvalue weighted by Gasteiger charge is -2.03. The zero-order valence-corrected chi connectivity index (χ0v) is 8.53. The molecule has 0 spiro atoms.